The molecular formula is C12H17NO2S2. The van der Waals surface area contributed by atoms with Crippen LogP contribution in [0.15, 0.2) is 16.3 Å². The summed E-state index contributed by atoms with van der Waals surface area (Å²) in [4.78, 5) is 13.3. The molecule has 0 spiro atoms. The lowest BCUT2D eigenvalue weighted by atomic mass is 9.97. The summed E-state index contributed by atoms with van der Waals surface area (Å²) >= 11 is 5.59. The third-order valence-corrected chi connectivity index (χ3v) is 4.75. The first-order chi connectivity index (χ1) is 8.20. The van der Waals surface area contributed by atoms with Crippen LogP contribution in [0.25, 0.3) is 0 Å². The van der Waals surface area contributed by atoms with Crippen LogP contribution in [0.3, 0.4) is 0 Å². The number of hydrogen-bond donors (Lipinski definition) is 3. The number of carbonyl (C=O) groups is 1. The number of thiophene rings is 1. The van der Waals surface area contributed by atoms with Gasteiger partial charge in [0.15, 0.2) is 0 Å². The van der Waals surface area contributed by atoms with Crippen LogP contribution in [0.2, 0.25) is 0 Å². The van der Waals surface area contributed by atoms with Crippen molar-refractivity contribution in [2.45, 2.75) is 24.2 Å². The van der Waals surface area contributed by atoms with E-state index in [-0.39, 0.29) is 12.5 Å². The largest absolute Gasteiger partial charge is 0.396 e. The van der Waals surface area contributed by atoms with Gasteiger partial charge in [-0.05, 0) is 30.7 Å². The van der Waals surface area contributed by atoms with Crippen LogP contribution >= 0.6 is 24.0 Å². The zero-order valence-corrected chi connectivity index (χ0v) is 11.3. The van der Waals surface area contributed by atoms with E-state index in [0.717, 1.165) is 24.2 Å². The van der Waals surface area contributed by atoms with E-state index in [9.17, 15) is 9.90 Å². The van der Waals surface area contributed by atoms with Gasteiger partial charge in [0.05, 0.1) is 4.88 Å². The Morgan fingerprint density at radius 3 is 2.94 bits per heavy atom. The fraction of sp³-hybridized carbons (Fsp3) is 0.583. The predicted molar refractivity (Wildman–Crippen MR) is 71.8 cm³/mol. The molecule has 0 aromatic carbocycles. The number of nitrogens with one attached hydrogen (secondary N) is 1. The molecular weight excluding hydrogens is 254 g/mol. The summed E-state index contributed by atoms with van der Waals surface area (Å²) in [6, 6.07) is 1.78. The Labute approximate surface area is 111 Å². The molecule has 17 heavy (non-hydrogen) atoms. The molecule has 0 saturated heterocycles. The Morgan fingerprint density at radius 2 is 2.29 bits per heavy atom. The number of amides is 1. The number of hydrogen-bond acceptors (Lipinski definition) is 4. The fourth-order valence-corrected chi connectivity index (χ4v) is 3.44. The van der Waals surface area contributed by atoms with E-state index in [1.165, 1.54) is 11.3 Å². The maximum atomic E-state index is 11.8. The average Bonchev–Trinajstić information content (AvgIpc) is 2.94. The second kappa shape index (κ2) is 5.89. The van der Waals surface area contributed by atoms with Gasteiger partial charge in [-0.1, -0.05) is 6.42 Å². The van der Waals surface area contributed by atoms with Crippen molar-refractivity contribution in [3.05, 3.63) is 16.3 Å². The minimum Gasteiger partial charge on any atom is -0.396 e. The molecule has 3 nitrogen and oxygen atoms in total. The number of aliphatic hydroxyl groups is 1. The van der Waals surface area contributed by atoms with Gasteiger partial charge in [0.1, 0.15) is 0 Å². The van der Waals surface area contributed by atoms with Gasteiger partial charge in [-0.2, -0.15) is 0 Å². The van der Waals surface area contributed by atoms with Gasteiger partial charge in [0.2, 0.25) is 0 Å². The fourth-order valence-electron chi connectivity index (χ4n) is 2.38. The first-order valence-electron chi connectivity index (χ1n) is 5.87. The molecule has 2 atom stereocenters. The highest BCUT2D eigenvalue weighted by atomic mass is 32.1. The summed E-state index contributed by atoms with van der Waals surface area (Å²) in [5.74, 6) is 0.761. The molecule has 0 bridgehead atoms. The molecule has 1 aliphatic carbocycles. The molecule has 1 saturated carbocycles. The normalized spacial score (nSPS) is 23.9. The number of rotatable bonds is 4. The van der Waals surface area contributed by atoms with Gasteiger partial charge in [0, 0.05) is 23.4 Å². The lowest BCUT2D eigenvalue weighted by molar-refractivity contribution is 0.0941. The zero-order valence-electron chi connectivity index (χ0n) is 9.56. The van der Waals surface area contributed by atoms with Crippen LogP contribution in [0, 0.1) is 11.8 Å². The van der Waals surface area contributed by atoms with Crippen LogP contribution < -0.4 is 5.32 Å². The predicted octanol–water partition coefficient (Wildman–Crippen LogP) is 2.18. The summed E-state index contributed by atoms with van der Waals surface area (Å²) in [6.45, 7) is 0.907. The van der Waals surface area contributed by atoms with E-state index in [0.29, 0.717) is 23.3 Å². The topological polar surface area (TPSA) is 49.3 Å². The average molecular weight is 271 g/mol. The molecule has 1 aromatic heterocycles. The molecule has 1 aliphatic rings. The highest BCUT2D eigenvalue weighted by Gasteiger charge is 2.26. The number of carbonyl (C=O) groups excluding carboxylic acids is 1. The second-order valence-corrected chi connectivity index (χ2v) is 5.94. The van der Waals surface area contributed by atoms with Crippen molar-refractivity contribution in [1.82, 2.24) is 5.32 Å². The monoisotopic (exact) mass is 271 g/mol. The number of thiol groups is 1. The molecule has 0 radical (unpaired) electrons. The highest BCUT2D eigenvalue weighted by molar-refractivity contribution is 7.80. The van der Waals surface area contributed by atoms with Crippen molar-refractivity contribution in [2.75, 3.05) is 13.2 Å². The van der Waals surface area contributed by atoms with Crippen molar-refractivity contribution < 1.29 is 9.90 Å². The van der Waals surface area contributed by atoms with Crippen LogP contribution in [0.4, 0.5) is 0 Å². The SMILES string of the molecule is O=C(NCC1CCCC1CO)c1cc(S)cs1. The third kappa shape index (κ3) is 3.24. The number of aliphatic hydroxyl groups excluding tert-OH is 1. The van der Waals surface area contributed by atoms with Crippen molar-refractivity contribution in [3.63, 3.8) is 0 Å². The van der Waals surface area contributed by atoms with E-state index in [1.54, 1.807) is 6.07 Å². The minimum atomic E-state index is -0.0288. The Hall–Kier alpha value is -0.520. The minimum absolute atomic E-state index is 0.0288. The van der Waals surface area contributed by atoms with Gasteiger partial charge in [0.25, 0.3) is 5.91 Å². The Morgan fingerprint density at radius 1 is 1.53 bits per heavy atom. The molecule has 5 heteroatoms. The van der Waals surface area contributed by atoms with E-state index < -0.39 is 0 Å². The quantitative estimate of drug-likeness (QED) is 0.735. The molecule has 1 amide bonds. The van der Waals surface area contributed by atoms with Gasteiger partial charge >= 0.3 is 0 Å². The summed E-state index contributed by atoms with van der Waals surface area (Å²) < 4.78 is 0. The molecule has 1 heterocycles. The third-order valence-electron chi connectivity index (χ3n) is 3.39. The molecule has 1 aromatic rings. The van der Waals surface area contributed by atoms with Crippen molar-refractivity contribution in [3.8, 4) is 0 Å². The molecule has 2 rings (SSSR count). The van der Waals surface area contributed by atoms with Crippen LogP contribution in [0.5, 0.6) is 0 Å². The van der Waals surface area contributed by atoms with E-state index >= 15 is 0 Å². The van der Waals surface area contributed by atoms with Gasteiger partial charge < -0.3 is 10.4 Å². The van der Waals surface area contributed by atoms with Crippen LogP contribution in [-0.4, -0.2) is 24.2 Å². The lowest BCUT2D eigenvalue weighted by Gasteiger charge is -2.17. The molecule has 1 fully saturated rings. The molecule has 2 N–H and O–H groups in total. The Bertz CT molecular complexity index is 392. The summed E-state index contributed by atoms with van der Waals surface area (Å²) in [6.07, 6.45) is 3.34. The van der Waals surface area contributed by atoms with Crippen molar-refractivity contribution in [2.24, 2.45) is 11.8 Å². The second-order valence-electron chi connectivity index (χ2n) is 4.51. The van der Waals surface area contributed by atoms with E-state index in [2.05, 4.69) is 17.9 Å². The van der Waals surface area contributed by atoms with E-state index in [4.69, 9.17) is 0 Å². The smallest absolute Gasteiger partial charge is 0.261 e. The van der Waals surface area contributed by atoms with Crippen molar-refractivity contribution in [1.29, 1.82) is 0 Å². The van der Waals surface area contributed by atoms with Crippen molar-refractivity contribution >= 4 is 29.9 Å². The summed E-state index contributed by atoms with van der Waals surface area (Å²) in [5.41, 5.74) is 0. The van der Waals surface area contributed by atoms with Gasteiger partial charge in [-0.25, -0.2) is 0 Å². The highest BCUT2D eigenvalue weighted by Crippen LogP contribution is 2.30. The molecule has 0 aliphatic heterocycles. The first-order valence-corrected chi connectivity index (χ1v) is 7.20. The van der Waals surface area contributed by atoms with E-state index in [1.807, 2.05) is 5.38 Å². The van der Waals surface area contributed by atoms with Gasteiger partial charge in [-0.3, -0.25) is 4.79 Å². The molecule has 94 valence electrons. The lowest BCUT2D eigenvalue weighted by Crippen LogP contribution is -2.31. The molecule has 2 unspecified atom stereocenters. The maximum Gasteiger partial charge on any atom is 0.261 e. The van der Waals surface area contributed by atoms with Crippen LogP contribution in [-0.2, 0) is 0 Å². The zero-order chi connectivity index (χ0) is 12.3. The summed E-state index contributed by atoms with van der Waals surface area (Å²) in [5, 5.41) is 14.0. The Kier molecular flexibility index (Phi) is 4.48. The standard InChI is InChI=1S/C12H17NO2S2/c14-6-9-3-1-2-8(9)5-13-12(15)11-4-10(16)7-17-11/h4,7-9,14,16H,1-3,5-6H2,(H,13,15). The van der Waals surface area contributed by atoms with Gasteiger partial charge in [-0.15, -0.1) is 24.0 Å². The van der Waals surface area contributed by atoms with Crippen LogP contribution in [0.1, 0.15) is 28.9 Å². The first kappa shape index (κ1) is 12.9. The maximum absolute atomic E-state index is 11.8. The summed E-state index contributed by atoms with van der Waals surface area (Å²) in [7, 11) is 0. The Balaban J connectivity index is 1.84.